The third kappa shape index (κ3) is 5.30. The third-order valence-corrected chi connectivity index (χ3v) is 2.78. The molecule has 19 heavy (non-hydrogen) atoms. The molecule has 0 heterocycles. The van der Waals surface area contributed by atoms with Crippen LogP contribution in [0.4, 0.5) is 0 Å². The summed E-state index contributed by atoms with van der Waals surface area (Å²) >= 11 is 0. The summed E-state index contributed by atoms with van der Waals surface area (Å²) in [6.07, 6.45) is 0. The number of carbonyl (C=O) groups is 1. The van der Waals surface area contributed by atoms with Gasteiger partial charge in [-0.2, -0.15) is 0 Å². The molecule has 1 N–H and O–H groups in total. The van der Waals surface area contributed by atoms with Crippen LogP contribution in [0.25, 0.3) is 0 Å². The summed E-state index contributed by atoms with van der Waals surface area (Å²) in [7, 11) is 3.98. The van der Waals surface area contributed by atoms with Gasteiger partial charge >= 0.3 is 0 Å². The van der Waals surface area contributed by atoms with Crippen LogP contribution in [0.5, 0.6) is 5.75 Å². The van der Waals surface area contributed by atoms with Gasteiger partial charge in [0.15, 0.2) is 0 Å². The smallest absolute Gasteiger partial charge is 0.254 e. The van der Waals surface area contributed by atoms with Crippen LogP contribution in [-0.2, 0) is 0 Å². The summed E-state index contributed by atoms with van der Waals surface area (Å²) < 4.78 is 0. The zero-order valence-electron chi connectivity index (χ0n) is 12.3. The number of phenols is 1. The van der Waals surface area contributed by atoms with Crippen LogP contribution in [0, 0.1) is 5.92 Å². The fourth-order valence-corrected chi connectivity index (χ4v) is 1.86. The van der Waals surface area contributed by atoms with Gasteiger partial charge in [-0.3, -0.25) is 4.79 Å². The molecule has 0 aliphatic carbocycles. The summed E-state index contributed by atoms with van der Waals surface area (Å²) in [6, 6.07) is 6.53. The van der Waals surface area contributed by atoms with E-state index in [4.69, 9.17) is 0 Å². The van der Waals surface area contributed by atoms with E-state index in [0.29, 0.717) is 18.0 Å². The van der Waals surface area contributed by atoms with Crippen molar-refractivity contribution in [3.05, 3.63) is 29.8 Å². The Morgan fingerprint density at radius 3 is 2.47 bits per heavy atom. The van der Waals surface area contributed by atoms with Gasteiger partial charge in [0.1, 0.15) is 5.75 Å². The number of carbonyl (C=O) groups excluding carboxylic acids is 1. The van der Waals surface area contributed by atoms with E-state index in [1.54, 1.807) is 18.2 Å². The first-order valence-electron chi connectivity index (χ1n) is 6.63. The van der Waals surface area contributed by atoms with Gasteiger partial charge in [-0.15, -0.1) is 0 Å². The van der Waals surface area contributed by atoms with Crippen LogP contribution < -0.4 is 0 Å². The van der Waals surface area contributed by atoms with Crippen LogP contribution in [-0.4, -0.2) is 54.5 Å². The maximum Gasteiger partial charge on any atom is 0.254 e. The molecule has 0 bridgehead atoms. The first-order chi connectivity index (χ1) is 8.90. The van der Waals surface area contributed by atoms with E-state index in [-0.39, 0.29) is 11.7 Å². The normalized spacial score (nSPS) is 11.1. The second-order valence-electron chi connectivity index (χ2n) is 5.50. The molecule has 4 heteroatoms. The first-order valence-corrected chi connectivity index (χ1v) is 6.63. The zero-order chi connectivity index (χ0) is 14.4. The van der Waals surface area contributed by atoms with Crippen molar-refractivity contribution in [3.8, 4) is 5.75 Å². The SMILES string of the molecule is CC(C)CN(CCN(C)C)C(=O)c1cccc(O)c1. The number of likely N-dealkylation sites (N-methyl/N-ethyl adjacent to an activating group) is 1. The molecule has 1 rings (SSSR count). The van der Waals surface area contributed by atoms with Crippen molar-refractivity contribution in [3.63, 3.8) is 0 Å². The third-order valence-electron chi connectivity index (χ3n) is 2.78. The maximum atomic E-state index is 12.4. The second kappa shape index (κ2) is 7.14. The topological polar surface area (TPSA) is 43.8 Å². The molecule has 106 valence electrons. The summed E-state index contributed by atoms with van der Waals surface area (Å²) in [5.74, 6) is 0.526. The lowest BCUT2D eigenvalue weighted by molar-refractivity contribution is 0.0724. The van der Waals surface area contributed by atoms with Crippen LogP contribution in [0.1, 0.15) is 24.2 Å². The average molecular weight is 264 g/mol. The minimum atomic E-state index is -0.0218. The van der Waals surface area contributed by atoms with Crippen molar-refractivity contribution >= 4 is 5.91 Å². The Morgan fingerprint density at radius 1 is 1.26 bits per heavy atom. The molecule has 0 saturated carbocycles. The number of amides is 1. The fourth-order valence-electron chi connectivity index (χ4n) is 1.86. The van der Waals surface area contributed by atoms with Crippen molar-refractivity contribution in [2.75, 3.05) is 33.7 Å². The molecule has 0 aliphatic rings. The highest BCUT2D eigenvalue weighted by molar-refractivity contribution is 5.94. The van der Waals surface area contributed by atoms with Gasteiger partial charge in [0.25, 0.3) is 5.91 Å². The van der Waals surface area contributed by atoms with E-state index in [9.17, 15) is 9.90 Å². The molecule has 0 saturated heterocycles. The molecule has 0 aromatic heterocycles. The largest absolute Gasteiger partial charge is 0.508 e. The standard InChI is InChI=1S/C15H24N2O2/c1-12(2)11-17(9-8-16(3)4)15(19)13-6-5-7-14(18)10-13/h5-7,10,12,18H,8-9,11H2,1-4H3. The minimum absolute atomic E-state index is 0.0218. The van der Waals surface area contributed by atoms with E-state index in [1.165, 1.54) is 6.07 Å². The van der Waals surface area contributed by atoms with E-state index in [1.807, 2.05) is 19.0 Å². The van der Waals surface area contributed by atoms with E-state index in [2.05, 4.69) is 18.7 Å². The molecule has 4 nitrogen and oxygen atoms in total. The van der Waals surface area contributed by atoms with Gasteiger partial charge in [0.05, 0.1) is 0 Å². The Kier molecular flexibility index (Phi) is 5.83. The van der Waals surface area contributed by atoms with Crippen molar-refractivity contribution in [2.24, 2.45) is 5.92 Å². The van der Waals surface area contributed by atoms with Gasteiger partial charge < -0.3 is 14.9 Å². The molecule has 0 unspecified atom stereocenters. The Morgan fingerprint density at radius 2 is 1.95 bits per heavy atom. The van der Waals surface area contributed by atoms with Crippen molar-refractivity contribution < 1.29 is 9.90 Å². The van der Waals surface area contributed by atoms with Crippen molar-refractivity contribution in [2.45, 2.75) is 13.8 Å². The molecule has 1 aromatic rings. The Bertz CT molecular complexity index is 416. The van der Waals surface area contributed by atoms with Crippen molar-refractivity contribution in [1.29, 1.82) is 0 Å². The molecule has 0 aliphatic heterocycles. The van der Waals surface area contributed by atoms with Gasteiger partial charge in [0.2, 0.25) is 0 Å². The number of nitrogens with zero attached hydrogens (tertiary/aromatic N) is 2. The fraction of sp³-hybridized carbons (Fsp3) is 0.533. The van der Waals surface area contributed by atoms with Gasteiger partial charge in [-0.05, 0) is 38.2 Å². The summed E-state index contributed by atoms with van der Waals surface area (Å²) in [5, 5.41) is 9.46. The molecule has 0 spiro atoms. The molecule has 0 radical (unpaired) electrons. The van der Waals surface area contributed by atoms with Gasteiger partial charge in [-0.25, -0.2) is 0 Å². The summed E-state index contributed by atoms with van der Waals surface area (Å²) in [5.41, 5.74) is 0.541. The minimum Gasteiger partial charge on any atom is -0.508 e. The molecular formula is C15H24N2O2. The van der Waals surface area contributed by atoms with Crippen LogP contribution >= 0.6 is 0 Å². The average Bonchev–Trinajstić information content (AvgIpc) is 2.33. The number of phenolic OH excluding ortho intramolecular Hbond substituents is 1. The molecule has 1 amide bonds. The number of benzene rings is 1. The molecule has 0 fully saturated rings. The predicted molar refractivity (Wildman–Crippen MR) is 77.4 cm³/mol. The maximum absolute atomic E-state index is 12.4. The number of hydrogen-bond acceptors (Lipinski definition) is 3. The highest BCUT2D eigenvalue weighted by atomic mass is 16.3. The number of aromatic hydroxyl groups is 1. The second-order valence-corrected chi connectivity index (χ2v) is 5.50. The number of rotatable bonds is 6. The number of hydrogen-bond donors (Lipinski definition) is 1. The van der Waals surface area contributed by atoms with E-state index >= 15 is 0 Å². The summed E-state index contributed by atoms with van der Waals surface area (Å²) in [6.45, 7) is 6.44. The highest BCUT2D eigenvalue weighted by Gasteiger charge is 2.17. The lowest BCUT2D eigenvalue weighted by Crippen LogP contribution is -2.38. The van der Waals surface area contributed by atoms with E-state index < -0.39 is 0 Å². The zero-order valence-corrected chi connectivity index (χ0v) is 12.3. The molecule has 1 aromatic carbocycles. The van der Waals surface area contributed by atoms with Crippen LogP contribution in [0.2, 0.25) is 0 Å². The Balaban J connectivity index is 2.81. The first kappa shape index (κ1) is 15.5. The van der Waals surface area contributed by atoms with Crippen LogP contribution in [0.15, 0.2) is 24.3 Å². The lowest BCUT2D eigenvalue weighted by atomic mass is 10.1. The van der Waals surface area contributed by atoms with Gasteiger partial charge in [-0.1, -0.05) is 19.9 Å². The quantitative estimate of drug-likeness (QED) is 0.855. The Labute approximate surface area is 115 Å². The van der Waals surface area contributed by atoms with Crippen LogP contribution in [0.3, 0.4) is 0 Å². The molecule has 0 atom stereocenters. The predicted octanol–water partition coefficient (Wildman–Crippen LogP) is 2.05. The van der Waals surface area contributed by atoms with Crippen molar-refractivity contribution in [1.82, 2.24) is 9.80 Å². The van der Waals surface area contributed by atoms with Gasteiger partial charge in [0, 0.05) is 25.2 Å². The lowest BCUT2D eigenvalue weighted by Gasteiger charge is -2.26. The monoisotopic (exact) mass is 264 g/mol. The summed E-state index contributed by atoms with van der Waals surface area (Å²) in [4.78, 5) is 16.3. The Hall–Kier alpha value is -1.55. The highest BCUT2D eigenvalue weighted by Crippen LogP contribution is 2.14. The molecular weight excluding hydrogens is 240 g/mol. The van der Waals surface area contributed by atoms with E-state index in [0.717, 1.165) is 13.1 Å².